The summed E-state index contributed by atoms with van der Waals surface area (Å²) in [6.45, 7) is 1.70. The van der Waals surface area contributed by atoms with Crippen molar-refractivity contribution in [3.63, 3.8) is 0 Å². The molecule has 0 spiro atoms. The second-order valence-electron chi connectivity index (χ2n) is 3.80. The van der Waals surface area contributed by atoms with Crippen LogP contribution in [0.1, 0.15) is 6.92 Å². The van der Waals surface area contributed by atoms with Gasteiger partial charge >= 0.3 is 0 Å². The number of carbonyl (C=O) groups is 1. The minimum Gasteiger partial charge on any atom is -0.479 e. The molecule has 1 unspecified atom stereocenters. The number of hydrogen-bond acceptors (Lipinski definition) is 3. The first-order valence-electron chi connectivity index (χ1n) is 5.68. The van der Waals surface area contributed by atoms with Crippen LogP contribution in [0.25, 0.3) is 0 Å². The summed E-state index contributed by atoms with van der Waals surface area (Å²) in [6.07, 6.45) is 2.66. The van der Waals surface area contributed by atoms with Crippen LogP contribution in [0.4, 0.5) is 5.69 Å². The van der Waals surface area contributed by atoms with E-state index >= 15 is 0 Å². The number of nitrogens with zero attached hydrogens (tertiary/aromatic N) is 1. The second kappa shape index (κ2) is 5.82. The quantitative estimate of drug-likeness (QED) is 0.896. The van der Waals surface area contributed by atoms with Gasteiger partial charge in [0.1, 0.15) is 5.75 Å². The molecule has 0 fully saturated rings. The van der Waals surface area contributed by atoms with E-state index in [2.05, 4.69) is 10.3 Å². The van der Waals surface area contributed by atoms with Crippen LogP contribution in [0, 0.1) is 0 Å². The fourth-order valence-electron chi connectivity index (χ4n) is 1.44. The van der Waals surface area contributed by atoms with Crippen LogP contribution in [0.2, 0.25) is 0 Å². The number of benzene rings is 1. The Hall–Kier alpha value is -2.36. The molecular weight excluding hydrogens is 228 g/mol. The molecule has 1 aromatic heterocycles. The Bertz CT molecular complexity index is 500. The Morgan fingerprint density at radius 3 is 2.67 bits per heavy atom. The molecule has 4 nitrogen and oxygen atoms in total. The lowest BCUT2D eigenvalue weighted by Gasteiger charge is -2.14. The molecule has 0 aliphatic heterocycles. The Morgan fingerprint density at radius 2 is 2.00 bits per heavy atom. The zero-order valence-electron chi connectivity index (χ0n) is 10.0. The van der Waals surface area contributed by atoms with Gasteiger partial charge in [0.05, 0.1) is 6.20 Å². The number of hydrogen-bond donors (Lipinski definition) is 1. The largest absolute Gasteiger partial charge is 0.479 e. The summed E-state index contributed by atoms with van der Waals surface area (Å²) < 4.78 is 5.47. The molecular formula is C14H14N2O2. The topological polar surface area (TPSA) is 51.2 Å². The van der Waals surface area contributed by atoms with Gasteiger partial charge in [-0.2, -0.15) is 0 Å². The average Bonchev–Trinajstić information content (AvgIpc) is 2.41. The highest BCUT2D eigenvalue weighted by Gasteiger charge is 2.14. The number of rotatable bonds is 4. The first-order valence-corrected chi connectivity index (χ1v) is 5.68. The summed E-state index contributed by atoms with van der Waals surface area (Å²) in [5, 5.41) is 2.78. The van der Waals surface area contributed by atoms with Crippen LogP contribution >= 0.6 is 0 Å². The third-order valence-electron chi connectivity index (χ3n) is 2.36. The Balaban J connectivity index is 1.93. The van der Waals surface area contributed by atoms with Gasteiger partial charge in [0.15, 0.2) is 6.10 Å². The van der Waals surface area contributed by atoms with Crippen LogP contribution in [0.5, 0.6) is 5.75 Å². The van der Waals surface area contributed by atoms with Gasteiger partial charge in [-0.3, -0.25) is 9.78 Å². The summed E-state index contributed by atoms with van der Waals surface area (Å²) in [6, 6.07) is 12.8. The molecule has 1 amide bonds. The molecule has 0 radical (unpaired) electrons. The van der Waals surface area contributed by atoms with Crippen molar-refractivity contribution < 1.29 is 9.53 Å². The fraction of sp³-hybridized carbons (Fsp3) is 0.143. The highest BCUT2D eigenvalue weighted by Crippen LogP contribution is 2.11. The van der Waals surface area contributed by atoms with Crippen molar-refractivity contribution in [2.45, 2.75) is 13.0 Å². The van der Waals surface area contributed by atoms with E-state index in [0.29, 0.717) is 5.75 Å². The highest BCUT2D eigenvalue weighted by molar-refractivity contribution is 5.94. The van der Waals surface area contributed by atoms with Gasteiger partial charge < -0.3 is 10.1 Å². The Kier molecular flexibility index (Phi) is 3.91. The molecule has 1 N–H and O–H groups in total. The second-order valence-corrected chi connectivity index (χ2v) is 3.80. The van der Waals surface area contributed by atoms with Crippen molar-refractivity contribution in [2.75, 3.05) is 5.32 Å². The van der Waals surface area contributed by atoms with E-state index in [1.165, 1.54) is 0 Å². The zero-order chi connectivity index (χ0) is 12.8. The van der Waals surface area contributed by atoms with E-state index in [-0.39, 0.29) is 5.91 Å². The first-order chi connectivity index (χ1) is 8.75. The molecule has 4 heteroatoms. The van der Waals surface area contributed by atoms with Crippen LogP contribution in [0.15, 0.2) is 54.9 Å². The van der Waals surface area contributed by atoms with Gasteiger partial charge in [0, 0.05) is 11.9 Å². The van der Waals surface area contributed by atoms with Gasteiger partial charge in [-0.25, -0.2) is 0 Å². The molecule has 1 atom stereocenters. The Morgan fingerprint density at radius 1 is 1.22 bits per heavy atom. The van der Waals surface area contributed by atoms with Crippen molar-refractivity contribution in [2.24, 2.45) is 0 Å². The number of nitrogens with one attached hydrogen (secondary N) is 1. The van der Waals surface area contributed by atoms with Crippen LogP contribution in [-0.2, 0) is 4.79 Å². The minimum absolute atomic E-state index is 0.190. The summed E-state index contributed by atoms with van der Waals surface area (Å²) in [7, 11) is 0. The monoisotopic (exact) mass is 242 g/mol. The first kappa shape index (κ1) is 12.1. The van der Waals surface area contributed by atoms with Gasteiger partial charge in [-0.05, 0) is 31.2 Å². The molecule has 18 heavy (non-hydrogen) atoms. The Labute approximate surface area is 106 Å². The van der Waals surface area contributed by atoms with E-state index in [4.69, 9.17) is 4.74 Å². The summed E-state index contributed by atoms with van der Waals surface area (Å²) in [5.74, 6) is 0.387. The smallest absolute Gasteiger partial charge is 0.265 e. The standard InChI is InChI=1S/C14H14N2O2/c1-11(18-13-8-5-9-15-10-13)14(17)16-12-6-3-2-4-7-12/h2-11H,1H3,(H,16,17). The van der Waals surface area contributed by atoms with Crippen molar-refractivity contribution in [1.82, 2.24) is 4.98 Å². The maximum absolute atomic E-state index is 11.9. The molecule has 92 valence electrons. The van der Waals surface area contributed by atoms with E-state index in [1.54, 1.807) is 31.5 Å². The third-order valence-corrected chi connectivity index (χ3v) is 2.36. The maximum atomic E-state index is 11.9. The minimum atomic E-state index is -0.575. The van der Waals surface area contributed by atoms with Gasteiger partial charge in [-0.1, -0.05) is 18.2 Å². The summed E-state index contributed by atoms with van der Waals surface area (Å²) >= 11 is 0. The maximum Gasteiger partial charge on any atom is 0.265 e. The average molecular weight is 242 g/mol. The number of anilines is 1. The summed E-state index contributed by atoms with van der Waals surface area (Å²) in [4.78, 5) is 15.8. The van der Waals surface area contributed by atoms with E-state index in [9.17, 15) is 4.79 Å². The lowest BCUT2D eigenvalue weighted by atomic mass is 10.3. The van der Waals surface area contributed by atoms with Crippen molar-refractivity contribution in [3.05, 3.63) is 54.9 Å². The van der Waals surface area contributed by atoms with Crippen LogP contribution in [0.3, 0.4) is 0 Å². The molecule has 1 heterocycles. The van der Waals surface area contributed by atoms with Gasteiger partial charge in [-0.15, -0.1) is 0 Å². The number of pyridine rings is 1. The van der Waals surface area contributed by atoms with E-state index in [1.807, 2.05) is 30.3 Å². The van der Waals surface area contributed by atoms with Gasteiger partial charge in [0.2, 0.25) is 0 Å². The lowest BCUT2D eigenvalue weighted by molar-refractivity contribution is -0.122. The molecule has 0 bridgehead atoms. The number of para-hydroxylation sites is 1. The highest BCUT2D eigenvalue weighted by atomic mass is 16.5. The molecule has 2 rings (SSSR count). The fourth-order valence-corrected chi connectivity index (χ4v) is 1.44. The van der Waals surface area contributed by atoms with Crippen molar-refractivity contribution >= 4 is 11.6 Å². The van der Waals surface area contributed by atoms with Crippen LogP contribution < -0.4 is 10.1 Å². The number of carbonyl (C=O) groups excluding carboxylic acids is 1. The predicted molar refractivity (Wildman–Crippen MR) is 69.4 cm³/mol. The van der Waals surface area contributed by atoms with E-state index < -0.39 is 6.10 Å². The number of aromatic nitrogens is 1. The number of amides is 1. The number of ether oxygens (including phenoxy) is 1. The molecule has 0 aliphatic rings. The third kappa shape index (κ3) is 3.31. The molecule has 2 aromatic rings. The molecule has 0 saturated heterocycles. The van der Waals surface area contributed by atoms with Crippen molar-refractivity contribution in [3.8, 4) is 5.75 Å². The SMILES string of the molecule is CC(Oc1cccnc1)C(=O)Nc1ccccc1. The molecule has 1 aromatic carbocycles. The summed E-state index contributed by atoms with van der Waals surface area (Å²) in [5.41, 5.74) is 0.754. The molecule has 0 aliphatic carbocycles. The van der Waals surface area contributed by atoms with Gasteiger partial charge in [0.25, 0.3) is 5.91 Å². The van der Waals surface area contributed by atoms with E-state index in [0.717, 1.165) is 5.69 Å². The zero-order valence-corrected chi connectivity index (χ0v) is 10.0. The predicted octanol–water partition coefficient (Wildman–Crippen LogP) is 2.49. The molecule has 0 saturated carbocycles. The normalized spacial score (nSPS) is 11.6. The van der Waals surface area contributed by atoms with Crippen LogP contribution in [-0.4, -0.2) is 17.0 Å². The van der Waals surface area contributed by atoms with Crippen molar-refractivity contribution in [1.29, 1.82) is 0 Å². The lowest BCUT2D eigenvalue weighted by Crippen LogP contribution is -2.30.